The quantitative estimate of drug-likeness (QED) is 0.593. The molecule has 3 aromatic rings. The van der Waals surface area contributed by atoms with Crippen LogP contribution in [-0.2, 0) is 0 Å². The van der Waals surface area contributed by atoms with Crippen LogP contribution in [-0.4, -0.2) is 15.6 Å². The number of Topliss-reactive ketones (excluding diaryl/α,β-unsaturated/α-hetero) is 1. The predicted molar refractivity (Wildman–Crippen MR) is 80.2 cm³/mol. The smallest absolute Gasteiger partial charge is 0.204 e. The molecule has 0 spiro atoms. The number of nitrogens with one attached hydrogen (secondary N) is 1. The summed E-state index contributed by atoms with van der Waals surface area (Å²) in [6.45, 7) is 0. The molecular weight excluding hydrogens is 270 g/mol. The van der Waals surface area contributed by atoms with Gasteiger partial charge in [0.25, 0.3) is 0 Å². The molecular formula is C16H10NO2S-. The maximum absolute atomic E-state index is 12.3. The van der Waals surface area contributed by atoms with E-state index in [-0.39, 0.29) is 22.1 Å². The Kier molecular flexibility index (Phi) is 3.08. The molecule has 3 nitrogen and oxygen atoms in total. The van der Waals surface area contributed by atoms with Crippen LogP contribution in [0.15, 0.2) is 54.6 Å². The third kappa shape index (κ3) is 2.00. The Labute approximate surface area is 120 Å². The highest BCUT2D eigenvalue weighted by molar-refractivity contribution is 7.82. The average Bonchev–Trinajstić information content (AvgIpc) is 2.82. The van der Waals surface area contributed by atoms with Crippen molar-refractivity contribution in [1.29, 1.82) is 0 Å². The van der Waals surface area contributed by atoms with E-state index in [0.29, 0.717) is 16.5 Å². The zero-order valence-corrected chi connectivity index (χ0v) is 11.2. The van der Waals surface area contributed by atoms with E-state index in [1.54, 1.807) is 36.4 Å². The van der Waals surface area contributed by atoms with Crippen molar-refractivity contribution in [3.05, 3.63) is 65.7 Å². The molecule has 0 fully saturated rings. The number of carbonyl (C=O) groups excluding carboxylic acids is 1. The minimum atomic E-state index is -0.319. The molecule has 4 heteroatoms. The summed E-state index contributed by atoms with van der Waals surface area (Å²) in [6, 6.07) is 15.9. The van der Waals surface area contributed by atoms with Gasteiger partial charge >= 0.3 is 0 Å². The lowest BCUT2D eigenvalue weighted by atomic mass is 10.0. The molecule has 0 aliphatic heterocycles. The number of ketones is 1. The van der Waals surface area contributed by atoms with Gasteiger partial charge in [-0.2, -0.15) is 0 Å². The molecule has 0 aliphatic carbocycles. The molecule has 3 rings (SSSR count). The number of benzene rings is 2. The van der Waals surface area contributed by atoms with Crippen LogP contribution in [0.1, 0.15) is 15.9 Å². The first-order valence-corrected chi connectivity index (χ1v) is 6.51. The highest BCUT2D eigenvalue weighted by Crippen LogP contribution is 2.27. The Bertz CT molecular complexity index is 806. The minimum absolute atomic E-state index is 0.0543. The highest BCUT2D eigenvalue weighted by atomic mass is 32.1. The largest absolute Gasteiger partial charge is 0.860 e. The number of carbonyl (C=O) groups is 1. The molecule has 1 N–H and O–H groups in total. The van der Waals surface area contributed by atoms with E-state index < -0.39 is 0 Å². The molecule has 0 bridgehead atoms. The van der Waals surface area contributed by atoms with E-state index in [1.165, 1.54) is 0 Å². The number of fused-ring (bicyclic) bond motifs is 1. The number of para-hydroxylation sites is 1. The van der Waals surface area contributed by atoms with Gasteiger partial charge in [-0.15, -0.1) is 0 Å². The number of hydrogen-bond donors (Lipinski definition) is 1. The van der Waals surface area contributed by atoms with Crippen molar-refractivity contribution in [3.8, 4) is 5.88 Å². The lowest BCUT2D eigenvalue weighted by Crippen LogP contribution is -2.14. The van der Waals surface area contributed by atoms with Crippen LogP contribution in [0.25, 0.3) is 10.9 Å². The molecule has 0 aliphatic rings. The summed E-state index contributed by atoms with van der Waals surface area (Å²) in [5.41, 5.74) is 1.46. The molecule has 0 radical (unpaired) electrons. The van der Waals surface area contributed by atoms with Crippen LogP contribution in [0.5, 0.6) is 5.88 Å². The van der Waals surface area contributed by atoms with Gasteiger partial charge in [0.2, 0.25) is 5.78 Å². The standard InChI is InChI=1S/C16H11NO2S/c18-14(10-6-2-1-3-7-10)15(20)13-11-8-4-5-9-12(11)17-16(13)19/h1-9,17,19H/p-1. The second-order valence-corrected chi connectivity index (χ2v) is 4.81. The van der Waals surface area contributed by atoms with Gasteiger partial charge in [0.05, 0.1) is 4.86 Å². The van der Waals surface area contributed by atoms with Gasteiger partial charge in [-0.05, 0) is 11.9 Å². The fourth-order valence-corrected chi connectivity index (χ4v) is 2.50. The molecule has 0 amide bonds. The Balaban J connectivity index is 2.10. The van der Waals surface area contributed by atoms with Crippen LogP contribution < -0.4 is 5.11 Å². The van der Waals surface area contributed by atoms with Crippen molar-refractivity contribution >= 4 is 33.8 Å². The van der Waals surface area contributed by atoms with Gasteiger partial charge in [0, 0.05) is 22.0 Å². The first-order valence-electron chi connectivity index (χ1n) is 6.10. The maximum Gasteiger partial charge on any atom is 0.204 e. The second kappa shape index (κ2) is 4.90. The molecule has 20 heavy (non-hydrogen) atoms. The number of rotatable bonds is 3. The third-order valence-electron chi connectivity index (χ3n) is 3.14. The monoisotopic (exact) mass is 280 g/mol. The highest BCUT2D eigenvalue weighted by Gasteiger charge is 2.18. The maximum atomic E-state index is 12.3. The molecule has 0 atom stereocenters. The first-order chi connectivity index (χ1) is 9.68. The van der Waals surface area contributed by atoms with E-state index in [4.69, 9.17) is 12.2 Å². The van der Waals surface area contributed by atoms with Gasteiger partial charge in [0.15, 0.2) is 0 Å². The lowest BCUT2D eigenvalue weighted by Gasteiger charge is -2.08. The summed E-state index contributed by atoms with van der Waals surface area (Å²) in [5.74, 6) is -0.622. The molecule has 98 valence electrons. The van der Waals surface area contributed by atoms with Gasteiger partial charge in [-0.3, -0.25) is 4.79 Å². The predicted octanol–water partition coefficient (Wildman–Crippen LogP) is 2.84. The number of aromatic amines is 1. The molecule has 1 heterocycles. The van der Waals surface area contributed by atoms with Gasteiger partial charge in [-0.1, -0.05) is 60.7 Å². The summed E-state index contributed by atoms with van der Waals surface area (Å²) in [6.07, 6.45) is 0. The van der Waals surface area contributed by atoms with E-state index in [9.17, 15) is 9.90 Å². The zero-order valence-electron chi connectivity index (χ0n) is 10.4. The van der Waals surface area contributed by atoms with Crippen molar-refractivity contribution in [2.24, 2.45) is 0 Å². The minimum Gasteiger partial charge on any atom is -0.860 e. The fraction of sp³-hybridized carbons (Fsp3) is 0. The van der Waals surface area contributed by atoms with Crippen molar-refractivity contribution in [1.82, 2.24) is 4.98 Å². The first kappa shape index (κ1) is 12.6. The van der Waals surface area contributed by atoms with Gasteiger partial charge < -0.3 is 10.1 Å². The number of H-pyrrole nitrogens is 1. The normalized spacial score (nSPS) is 10.6. The summed E-state index contributed by atoms with van der Waals surface area (Å²) < 4.78 is 0. The molecule has 0 unspecified atom stereocenters. The van der Waals surface area contributed by atoms with Crippen LogP contribution in [0.4, 0.5) is 0 Å². The van der Waals surface area contributed by atoms with Crippen molar-refractivity contribution in [2.45, 2.75) is 0 Å². The van der Waals surface area contributed by atoms with Crippen LogP contribution in [0.3, 0.4) is 0 Å². The number of hydrogen-bond acceptors (Lipinski definition) is 3. The Morgan fingerprint density at radius 2 is 1.65 bits per heavy atom. The van der Waals surface area contributed by atoms with E-state index >= 15 is 0 Å². The van der Waals surface area contributed by atoms with Gasteiger partial charge in [0.1, 0.15) is 0 Å². The van der Waals surface area contributed by atoms with Crippen LogP contribution in [0.2, 0.25) is 0 Å². The zero-order chi connectivity index (χ0) is 14.1. The fourth-order valence-electron chi connectivity index (χ4n) is 2.18. The molecule has 2 aromatic carbocycles. The number of thiocarbonyl (C=S) groups is 1. The third-order valence-corrected chi connectivity index (χ3v) is 3.53. The summed E-state index contributed by atoms with van der Waals surface area (Å²) in [4.78, 5) is 15.1. The second-order valence-electron chi connectivity index (χ2n) is 4.40. The number of aromatic nitrogens is 1. The van der Waals surface area contributed by atoms with Crippen LogP contribution >= 0.6 is 12.2 Å². The van der Waals surface area contributed by atoms with Gasteiger partial charge in [-0.25, -0.2) is 0 Å². The van der Waals surface area contributed by atoms with Crippen LogP contribution in [0, 0.1) is 0 Å². The Hall–Kier alpha value is -2.46. The molecule has 0 saturated carbocycles. The Morgan fingerprint density at radius 3 is 2.40 bits per heavy atom. The van der Waals surface area contributed by atoms with E-state index in [2.05, 4.69) is 4.98 Å². The average molecular weight is 280 g/mol. The van der Waals surface area contributed by atoms with E-state index in [1.807, 2.05) is 18.2 Å². The summed E-state index contributed by atoms with van der Waals surface area (Å²) in [5, 5.41) is 12.7. The summed E-state index contributed by atoms with van der Waals surface area (Å²) >= 11 is 5.22. The van der Waals surface area contributed by atoms with E-state index in [0.717, 1.165) is 0 Å². The lowest BCUT2D eigenvalue weighted by molar-refractivity contribution is -0.274. The summed E-state index contributed by atoms with van der Waals surface area (Å²) in [7, 11) is 0. The van der Waals surface area contributed by atoms with Crippen molar-refractivity contribution in [2.75, 3.05) is 0 Å². The molecule has 1 aromatic heterocycles. The van der Waals surface area contributed by atoms with Crippen molar-refractivity contribution < 1.29 is 9.90 Å². The SMILES string of the molecule is O=C(C(=S)c1c([O-])[nH]c2ccccc12)c1ccccc1. The topological polar surface area (TPSA) is 55.9 Å². The molecule has 0 saturated heterocycles. The van der Waals surface area contributed by atoms with Crippen molar-refractivity contribution in [3.63, 3.8) is 0 Å². The Morgan fingerprint density at radius 1 is 1.00 bits per heavy atom.